The van der Waals surface area contributed by atoms with E-state index in [1.807, 2.05) is 12.1 Å². The molecule has 148 valence electrons. The van der Waals surface area contributed by atoms with Crippen molar-refractivity contribution in [3.05, 3.63) is 84.0 Å². The Hall–Kier alpha value is -2.34. The van der Waals surface area contributed by atoms with Crippen molar-refractivity contribution in [2.45, 2.75) is 27.2 Å². The lowest BCUT2D eigenvalue weighted by molar-refractivity contribution is 0.865. The fourth-order valence-corrected chi connectivity index (χ4v) is 4.37. The zero-order chi connectivity index (χ0) is 20.9. The van der Waals surface area contributed by atoms with Gasteiger partial charge in [0.05, 0.1) is 15.7 Å². The lowest BCUT2D eigenvalue weighted by Gasteiger charge is -2.10. The van der Waals surface area contributed by atoms with Crippen molar-refractivity contribution in [1.29, 1.82) is 0 Å². The third-order valence-electron chi connectivity index (χ3n) is 5.03. The lowest BCUT2D eigenvalue weighted by Crippen LogP contribution is -2.13. The van der Waals surface area contributed by atoms with Gasteiger partial charge in [-0.1, -0.05) is 53.0 Å². The number of aryl methyl sites for hydroxylation is 2. The van der Waals surface area contributed by atoms with Crippen LogP contribution >= 0.6 is 34.8 Å². The molecule has 0 aliphatic heterocycles. The van der Waals surface area contributed by atoms with Crippen LogP contribution in [-0.2, 0) is 6.42 Å². The molecule has 0 aliphatic carbocycles. The summed E-state index contributed by atoms with van der Waals surface area (Å²) in [7, 11) is 0. The van der Waals surface area contributed by atoms with Crippen LogP contribution in [-0.4, -0.2) is 19.7 Å². The van der Waals surface area contributed by atoms with E-state index in [1.165, 1.54) is 15.8 Å². The first-order valence-electron chi connectivity index (χ1n) is 8.94. The summed E-state index contributed by atoms with van der Waals surface area (Å²) < 4.78 is 1.51. The van der Waals surface area contributed by atoms with Gasteiger partial charge in [0, 0.05) is 11.4 Å². The number of rotatable bonds is 3. The number of nitrogens with one attached hydrogen (secondary N) is 1. The van der Waals surface area contributed by atoms with Crippen molar-refractivity contribution in [2.24, 2.45) is 0 Å². The zero-order valence-corrected chi connectivity index (χ0v) is 18.2. The van der Waals surface area contributed by atoms with Gasteiger partial charge in [0.2, 0.25) is 0 Å². The van der Waals surface area contributed by atoms with Crippen molar-refractivity contribution in [1.82, 2.24) is 19.7 Å². The van der Waals surface area contributed by atoms with Gasteiger partial charge in [0.25, 0.3) is 5.56 Å². The summed E-state index contributed by atoms with van der Waals surface area (Å²) in [5.41, 5.74) is 4.58. The van der Waals surface area contributed by atoms with Gasteiger partial charge in [0.1, 0.15) is 16.9 Å². The Balaban J connectivity index is 1.93. The molecule has 29 heavy (non-hydrogen) atoms. The molecule has 0 radical (unpaired) electrons. The molecular formula is C21H17Cl3N4O. The van der Waals surface area contributed by atoms with E-state index in [-0.39, 0.29) is 5.56 Å². The number of H-pyrrole nitrogens is 1. The van der Waals surface area contributed by atoms with Crippen LogP contribution in [0.25, 0.3) is 16.7 Å². The molecule has 0 aliphatic rings. The molecule has 4 rings (SSSR count). The van der Waals surface area contributed by atoms with E-state index in [2.05, 4.69) is 30.0 Å². The van der Waals surface area contributed by atoms with Crippen molar-refractivity contribution in [3.63, 3.8) is 0 Å². The SMILES string of the molecule is Cc1cccc(Cc2nc3c(c(C)nn3-c3c(Cl)cc(Cl)cc3Cl)c(=O)[nH]2)c1C. The molecule has 0 spiro atoms. The molecule has 0 saturated carbocycles. The summed E-state index contributed by atoms with van der Waals surface area (Å²) in [6.07, 6.45) is 0.491. The summed E-state index contributed by atoms with van der Waals surface area (Å²) in [5.74, 6) is 0.540. The van der Waals surface area contributed by atoms with Gasteiger partial charge >= 0.3 is 0 Å². The number of aromatic amines is 1. The average Bonchev–Trinajstić information content (AvgIpc) is 2.95. The topological polar surface area (TPSA) is 63.6 Å². The maximum absolute atomic E-state index is 12.8. The number of nitrogens with zero attached hydrogens (tertiary/aromatic N) is 3. The molecule has 0 unspecified atom stereocenters. The highest BCUT2D eigenvalue weighted by molar-refractivity contribution is 6.40. The summed E-state index contributed by atoms with van der Waals surface area (Å²) in [4.78, 5) is 20.4. The lowest BCUT2D eigenvalue weighted by atomic mass is 10.0. The molecule has 0 saturated heterocycles. The predicted octanol–water partition coefficient (Wildman–Crippen LogP) is 5.59. The number of benzene rings is 2. The van der Waals surface area contributed by atoms with Crippen molar-refractivity contribution < 1.29 is 0 Å². The summed E-state index contributed by atoms with van der Waals surface area (Å²) in [6.45, 7) is 5.86. The van der Waals surface area contributed by atoms with Crippen molar-refractivity contribution in [3.8, 4) is 5.69 Å². The van der Waals surface area contributed by atoms with Crippen LogP contribution in [0.4, 0.5) is 0 Å². The van der Waals surface area contributed by atoms with Gasteiger partial charge in [-0.3, -0.25) is 4.79 Å². The maximum Gasteiger partial charge on any atom is 0.262 e. The third-order valence-corrected chi connectivity index (χ3v) is 5.82. The molecule has 0 fully saturated rings. The van der Waals surface area contributed by atoms with E-state index < -0.39 is 0 Å². The van der Waals surface area contributed by atoms with Crippen LogP contribution in [0.2, 0.25) is 15.1 Å². The molecule has 2 heterocycles. The fourth-order valence-electron chi connectivity index (χ4n) is 3.39. The van der Waals surface area contributed by atoms with Crippen LogP contribution < -0.4 is 5.56 Å². The van der Waals surface area contributed by atoms with E-state index in [0.29, 0.717) is 49.7 Å². The Kier molecular flexibility index (Phi) is 5.15. The summed E-state index contributed by atoms with van der Waals surface area (Å²) >= 11 is 18.8. The quantitative estimate of drug-likeness (QED) is 0.445. The molecule has 1 N–H and O–H groups in total. The molecule has 2 aromatic heterocycles. The Morgan fingerprint density at radius 1 is 1.07 bits per heavy atom. The Morgan fingerprint density at radius 3 is 2.45 bits per heavy atom. The summed E-state index contributed by atoms with van der Waals surface area (Å²) in [6, 6.07) is 9.24. The Labute approximate surface area is 182 Å². The zero-order valence-electron chi connectivity index (χ0n) is 16.0. The van der Waals surface area contributed by atoms with Crippen molar-refractivity contribution >= 4 is 45.8 Å². The molecule has 2 aromatic carbocycles. The van der Waals surface area contributed by atoms with Crippen LogP contribution in [0.1, 0.15) is 28.2 Å². The number of hydrogen-bond acceptors (Lipinski definition) is 3. The highest BCUT2D eigenvalue weighted by Crippen LogP contribution is 2.33. The number of halogens is 3. The smallest absolute Gasteiger partial charge is 0.262 e. The minimum absolute atomic E-state index is 0.250. The second-order valence-electron chi connectivity index (χ2n) is 6.96. The molecular weight excluding hydrogens is 431 g/mol. The van der Waals surface area contributed by atoms with Crippen molar-refractivity contribution in [2.75, 3.05) is 0 Å². The third kappa shape index (κ3) is 3.54. The van der Waals surface area contributed by atoms with Crippen LogP contribution in [0, 0.1) is 20.8 Å². The first kappa shape index (κ1) is 20.0. The van der Waals surface area contributed by atoms with Gasteiger partial charge in [-0.15, -0.1) is 0 Å². The first-order chi connectivity index (χ1) is 13.8. The molecule has 0 bridgehead atoms. The molecule has 5 nitrogen and oxygen atoms in total. The van der Waals surface area contributed by atoms with Gasteiger partial charge in [-0.05, 0) is 49.6 Å². The molecule has 4 aromatic rings. The van der Waals surface area contributed by atoms with Gasteiger partial charge in [-0.25, -0.2) is 9.67 Å². The average molecular weight is 448 g/mol. The van der Waals surface area contributed by atoms with Gasteiger partial charge in [0.15, 0.2) is 5.65 Å². The van der Waals surface area contributed by atoms with E-state index in [4.69, 9.17) is 39.8 Å². The van der Waals surface area contributed by atoms with Crippen LogP contribution in [0.15, 0.2) is 35.1 Å². The second-order valence-corrected chi connectivity index (χ2v) is 8.21. The highest BCUT2D eigenvalue weighted by Gasteiger charge is 2.20. The summed E-state index contributed by atoms with van der Waals surface area (Å²) in [5, 5.41) is 5.94. The largest absolute Gasteiger partial charge is 0.310 e. The minimum Gasteiger partial charge on any atom is -0.310 e. The van der Waals surface area contributed by atoms with E-state index in [9.17, 15) is 4.79 Å². The standard InChI is InChI=1S/C21H17Cl3N4O/c1-10-5-4-6-13(11(10)2)7-17-25-20-18(21(29)26-17)12(3)27-28(20)19-15(23)8-14(22)9-16(19)24/h4-6,8-9H,7H2,1-3H3,(H,25,26,29). The monoisotopic (exact) mass is 446 g/mol. The maximum atomic E-state index is 12.8. The number of aromatic nitrogens is 4. The number of fused-ring (bicyclic) bond motifs is 1. The highest BCUT2D eigenvalue weighted by atomic mass is 35.5. The minimum atomic E-state index is -0.250. The van der Waals surface area contributed by atoms with Crippen LogP contribution in [0.5, 0.6) is 0 Å². The molecule has 0 amide bonds. The van der Waals surface area contributed by atoms with Crippen LogP contribution in [0.3, 0.4) is 0 Å². The van der Waals surface area contributed by atoms with Gasteiger partial charge < -0.3 is 4.98 Å². The normalized spacial score (nSPS) is 11.4. The Bertz CT molecular complexity index is 1300. The van der Waals surface area contributed by atoms with E-state index in [1.54, 1.807) is 19.1 Å². The van der Waals surface area contributed by atoms with E-state index in [0.717, 1.165) is 5.56 Å². The predicted molar refractivity (Wildman–Crippen MR) is 118 cm³/mol. The number of hydrogen-bond donors (Lipinski definition) is 1. The fraction of sp³-hybridized carbons (Fsp3) is 0.190. The van der Waals surface area contributed by atoms with E-state index >= 15 is 0 Å². The second kappa shape index (κ2) is 7.48. The Morgan fingerprint density at radius 2 is 1.76 bits per heavy atom. The van der Waals surface area contributed by atoms with Gasteiger partial charge in [-0.2, -0.15) is 5.10 Å². The molecule has 0 atom stereocenters. The molecule has 8 heteroatoms. The first-order valence-corrected chi connectivity index (χ1v) is 10.1.